The van der Waals surface area contributed by atoms with E-state index in [9.17, 15) is 9.59 Å². The highest BCUT2D eigenvalue weighted by atomic mass is 35.5. The number of carbonyl (C=O) groups excluding carboxylic acids is 1. The Morgan fingerprint density at radius 3 is 2.67 bits per heavy atom. The van der Waals surface area contributed by atoms with Crippen molar-refractivity contribution < 1.29 is 14.7 Å². The highest BCUT2D eigenvalue weighted by Gasteiger charge is 2.31. The summed E-state index contributed by atoms with van der Waals surface area (Å²) in [5.74, 6) is -1.51. The summed E-state index contributed by atoms with van der Waals surface area (Å²) in [5.41, 5.74) is 0.954. The summed E-state index contributed by atoms with van der Waals surface area (Å²) in [6.07, 6.45) is 3.35. The zero-order chi connectivity index (χ0) is 17.3. The SMILES string of the molecule is O=C(N[C@@H]1CC[C@H](C(=O)O)C1)c1ccn(-c2ccc(Cl)c(Cl)c2)n1. The third kappa shape index (κ3) is 3.55. The van der Waals surface area contributed by atoms with Gasteiger partial charge < -0.3 is 10.4 Å². The Hall–Kier alpha value is -2.05. The normalized spacial score (nSPS) is 20.1. The molecule has 1 aromatic carbocycles. The van der Waals surface area contributed by atoms with E-state index in [0.29, 0.717) is 35.0 Å². The second kappa shape index (κ2) is 6.83. The fourth-order valence-corrected chi connectivity index (χ4v) is 3.10. The molecule has 0 unspecified atom stereocenters. The largest absolute Gasteiger partial charge is 0.481 e. The van der Waals surface area contributed by atoms with Gasteiger partial charge in [0.05, 0.1) is 21.7 Å². The maximum Gasteiger partial charge on any atom is 0.306 e. The fourth-order valence-electron chi connectivity index (χ4n) is 2.81. The van der Waals surface area contributed by atoms with Gasteiger partial charge in [0.2, 0.25) is 0 Å². The van der Waals surface area contributed by atoms with E-state index in [1.165, 1.54) is 4.68 Å². The lowest BCUT2D eigenvalue weighted by molar-refractivity contribution is -0.141. The first-order chi connectivity index (χ1) is 11.4. The lowest BCUT2D eigenvalue weighted by Gasteiger charge is -2.11. The van der Waals surface area contributed by atoms with Gasteiger partial charge in [-0.05, 0) is 43.5 Å². The predicted molar refractivity (Wildman–Crippen MR) is 89.8 cm³/mol. The molecule has 3 rings (SSSR count). The molecule has 2 N–H and O–H groups in total. The highest BCUT2D eigenvalue weighted by molar-refractivity contribution is 6.42. The Morgan fingerprint density at radius 1 is 1.21 bits per heavy atom. The number of rotatable bonds is 4. The van der Waals surface area contributed by atoms with Crippen LogP contribution in [-0.4, -0.2) is 32.8 Å². The summed E-state index contributed by atoms with van der Waals surface area (Å²) in [7, 11) is 0. The number of hydrogen-bond donors (Lipinski definition) is 2. The molecule has 1 heterocycles. The molecule has 126 valence electrons. The van der Waals surface area contributed by atoms with Gasteiger partial charge in [-0.3, -0.25) is 9.59 Å². The Balaban J connectivity index is 1.68. The zero-order valence-corrected chi connectivity index (χ0v) is 14.1. The molecule has 8 heteroatoms. The van der Waals surface area contributed by atoms with Crippen LogP contribution in [0.4, 0.5) is 0 Å². The van der Waals surface area contributed by atoms with E-state index in [2.05, 4.69) is 10.4 Å². The van der Waals surface area contributed by atoms with Crippen molar-refractivity contribution in [2.75, 3.05) is 0 Å². The number of nitrogens with one attached hydrogen (secondary N) is 1. The summed E-state index contributed by atoms with van der Waals surface area (Å²) >= 11 is 11.9. The number of aliphatic carboxylic acids is 1. The number of benzene rings is 1. The van der Waals surface area contributed by atoms with Gasteiger partial charge in [-0.25, -0.2) is 4.68 Å². The Labute approximate surface area is 148 Å². The van der Waals surface area contributed by atoms with Crippen molar-refractivity contribution in [2.45, 2.75) is 25.3 Å². The molecule has 0 aliphatic heterocycles. The van der Waals surface area contributed by atoms with Crippen LogP contribution >= 0.6 is 23.2 Å². The molecule has 1 aliphatic rings. The first-order valence-electron chi connectivity index (χ1n) is 7.49. The van der Waals surface area contributed by atoms with Crippen molar-refractivity contribution in [2.24, 2.45) is 5.92 Å². The average molecular weight is 368 g/mol. The minimum atomic E-state index is -0.810. The van der Waals surface area contributed by atoms with Gasteiger partial charge in [0.1, 0.15) is 0 Å². The number of carbonyl (C=O) groups is 2. The monoisotopic (exact) mass is 367 g/mol. The molecule has 1 amide bonds. The van der Waals surface area contributed by atoms with Gasteiger partial charge in [0.25, 0.3) is 5.91 Å². The summed E-state index contributed by atoms with van der Waals surface area (Å²) in [5, 5.41) is 16.9. The van der Waals surface area contributed by atoms with Gasteiger partial charge in [-0.1, -0.05) is 23.2 Å². The van der Waals surface area contributed by atoms with Gasteiger partial charge in [-0.15, -0.1) is 0 Å². The predicted octanol–water partition coefficient (Wildman–Crippen LogP) is 3.16. The molecule has 1 saturated carbocycles. The molecule has 24 heavy (non-hydrogen) atoms. The van der Waals surface area contributed by atoms with E-state index in [4.69, 9.17) is 28.3 Å². The smallest absolute Gasteiger partial charge is 0.306 e. The van der Waals surface area contributed by atoms with Crippen molar-refractivity contribution >= 4 is 35.1 Å². The lowest BCUT2D eigenvalue weighted by atomic mass is 10.1. The molecule has 0 saturated heterocycles. The number of carboxylic acid groups (broad SMARTS) is 1. The van der Waals surface area contributed by atoms with Crippen molar-refractivity contribution in [3.8, 4) is 5.69 Å². The van der Waals surface area contributed by atoms with Crippen LogP contribution in [0.2, 0.25) is 10.0 Å². The molecule has 0 bridgehead atoms. The van der Waals surface area contributed by atoms with Crippen molar-refractivity contribution in [3.63, 3.8) is 0 Å². The van der Waals surface area contributed by atoms with Crippen LogP contribution < -0.4 is 5.32 Å². The molecule has 1 aliphatic carbocycles. The van der Waals surface area contributed by atoms with Gasteiger partial charge in [0.15, 0.2) is 5.69 Å². The quantitative estimate of drug-likeness (QED) is 0.868. The fraction of sp³-hybridized carbons (Fsp3) is 0.312. The Morgan fingerprint density at radius 2 is 2.00 bits per heavy atom. The Kier molecular flexibility index (Phi) is 4.78. The molecular formula is C16H15Cl2N3O3. The topological polar surface area (TPSA) is 84.2 Å². The van der Waals surface area contributed by atoms with Gasteiger partial charge in [0, 0.05) is 12.2 Å². The van der Waals surface area contributed by atoms with Crippen molar-refractivity contribution in [3.05, 3.63) is 46.2 Å². The molecule has 0 spiro atoms. The van der Waals surface area contributed by atoms with E-state index in [1.807, 2.05) is 0 Å². The van der Waals surface area contributed by atoms with E-state index >= 15 is 0 Å². The third-order valence-electron chi connectivity index (χ3n) is 4.11. The van der Waals surface area contributed by atoms with E-state index < -0.39 is 5.97 Å². The number of hydrogen-bond acceptors (Lipinski definition) is 3. The molecule has 6 nitrogen and oxygen atoms in total. The maximum atomic E-state index is 12.3. The zero-order valence-electron chi connectivity index (χ0n) is 12.6. The summed E-state index contributed by atoms with van der Waals surface area (Å²) < 4.78 is 1.53. The number of aromatic nitrogens is 2. The van der Waals surface area contributed by atoms with E-state index in [1.54, 1.807) is 30.5 Å². The van der Waals surface area contributed by atoms with Crippen LogP contribution in [0.15, 0.2) is 30.5 Å². The average Bonchev–Trinajstić information content (AvgIpc) is 3.19. The Bertz CT molecular complexity index is 791. The molecule has 1 aromatic heterocycles. The molecular weight excluding hydrogens is 353 g/mol. The first kappa shape index (κ1) is 16.8. The summed E-state index contributed by atoms with van der Waals surface area (Å²) in [4.78, 5) is 23.2. The van der Waals surface area contributed by atoms with Crippen LogP contribution in [0.5, 0.6) is 0 Å². The first-order valence-corrected chi connectivity index (χ1v) is 8.24. The number of nitrogens with zero attached hydrogens (tertiary/aromatic N) is 2. The highest BCUT2D eigenvalue weighted by Crippen LogP contribution is 2.26. The molecule has 1 fully saturated rings. The van der Waals surface area contributed by atoms with Crippen LogP contribution in [0.3, 0.4) is 0 Å². The molecule has 2 aromatic rings. The second-order valence-electron chi connectivity index (χ2n) is 5.76. The van der Waals surface area contributed by atoms with Crippen LogP contribution in [0, 0.1) is 5.92 Å². The maximum absolute atomic E-state index is 12.3. The standard InChI is InChI=1S/C16H15Cl2N3O3/c17-12-4-3-11(8-13(12)18)21-6-5-14(20-21)15(22)19-10-2-1-9(7-10)16(23)24/h3-6,8-10H,1-2,7H2,(H,19,22)(H,23,24)/t9-,10+/m0/s1. The van der Waals surface area contributed by atoms with Crippen LogP contribution in [0.1, 0.15) is 29.8 Å². The summed E-state index contributed by atoms with van der Waals surface area (Å²) in [6.45, 7) is 0. The van der Waals surface area contributed by atoms with Gasteiger partial charge in [-0.2, -0.15) is 5.10 Å². The van der Waals surface area contributed by atoms with Crippen LogP contribution in [0.25, 0.3) is 5.69 Å². The minimum Gasteiger partial charge on any atom is -0.481 e. The number of carboxylic acids is 1. The number of halogens is 2. The molecule has 0 radical (unpaired) electrons. The molecule has 2 atom stereocenters. The number of amides is 1. The van der Waals surface area contributed by atoms with Gasteiger partial charge >= 0.3 is 5.97 Å². The van der Waals surface area contributed by atoms with Crippen molar-refractivity contribution in [1.82, 2.24) is 15.1 Å². The third-order valence-corrected chi connectivity index (χ3v) is 4.85. The lowest BCUT2D eigenvalue weighted by Crippen LogP contribution is -2.33. The van der Waals surface area contributed by atoms with Crippen LogP contribution in [-0.2, 0) is 4.79 Å². The van der Waals surface area contributed by atoms with Crippen molar-refractivity contribution in [1.29, 1.82) is 0 Å². The van der Waals surface area contributed by atoms with E-state index in [-0.39, 0.29) is 23.6 Å². The second-order valence-corrected chi connectivity index (χ2v) is 6.58. The summed E-state index contributed by atoms with van der Waals surface area (Å²) in [6, 6.07) is 6.53. The minimum absolute atomic E-state index is 0.131. The van der Waals surface area contributed by atoms with E-state index in [0.717, 1.165) is 0 Å².